The SMILES string of the molecule is COc1ccccc1C=C1C(=O)C(Cl)CCC1[Si](C)(C)C. The molecule has 1 aromatic rings. The van der Waals surface area contributed by atoms with Crippen molar-refractivity contribution < 1.29 is 9.53 Å². The number of hydrogen-bond donors (Lipinski definition) is 0. The lowest BCUT2D eigenvalue weighted by molar-refractivity contribution is -0.116. The van der Waals surface area contributed by atoms with Gasteiger partial charge in [0.2, 0.25) is 0 Å². The first-order valence-corrected chi connectivity index (χ1v) is 11.4. The third-order valence-electron chi connectivity index (χ3n) is 4.15. The molecule has 1 saturated carbocycles. The van der Waals surface area contributed by atoms with Crippen molar-refractivity contribution in [3.63, 3.8) is 0 Å². The molecule has 4 heteroatoms. The van der Waals surface area contributed by atoms with Gasteiger partial charge in [-0.1, -0.05) is 37.8 Å². The van der Waals surface area contributed by atoms with Crippen molar-refractivity contribution in [3.8, 4) is 5.75 Å². The number of halogens is 1. The Hall–Kier alpha value is -1.06. The summed E-state index contributed by atoms with van der Waals surface area (Å²) in [6, 6.07) is 7.80. The van der Waals surface area contributed by atoms with Gasteiger partial charge in [0.1, 0.15) is 5.75 Å². The minimum Gasteiger partial charge on any atom is -0.496 e. The predicted octanol–water partition coefficient (Wildman–Crippen LogP) is 4.76. The van der Waals surface area contributed by atoms with Crippen LogP contribution in [0.2, 0.25) is 25.2 Å². The molecule has 0 spiro atoms. The van der Waals surface area contributed by atoms with Crippen LogP contribution in [0.15, 0.2) is 29.8 Å². The summed E-state index contributed by atoms with van der Waals surface area (Å²) in [5.41, 5.74) is 2.21. The van der Waals surface area contributed by atoms with Crippen LogP contribution in [0, 0.1) is 0 Å². The molecule has 0 N–H and O–H groups in total. The van der Waals surface area contributed by atoms with Gasteiger partial charge in [-0.2, -0.15) is 0 Å². The number of rotatable bonds is 3. The van der Waals surface area contributed by atoms with Gasteiger partial charge in [0.05, 0.1) is 20.6 Å². The summed E-state index contributed by atoms with van der Waals surface area (Å²) in [4.78, 5) is 12.6. The monoisotopic (exact) mass is 322 g/mol. The molecule has 0 saturated heterocycles. The maximum Gasteiger partial charge on any atom is 0.176 e. The predicted molar refractivity (Wildman–Crippen MR) is 91.9 cm³/mol. The zero-order valence-electron chi connectivity index (χ0n) is 13.2. The first-order valence-electron chi connectivity index (χ1n) is 7.37. The minimum absolute atomic E-state index is 0.0984. The van der Waals surface area contributed by atoms with Gasteiger partial charge in [-0.15, -0.1) is 11.6 Å². The average molecular weight is 323 g/mol. The summed E-state index contributed by atoms with van der Waals surface area (Å²) in [7, 11) is 0.192. The zero-order chi connectivity index (χ0) is 15.6. The Morgan fingerprint density at radius 2 is 1.90 bits per heavy atom. The first-order chi connectivity index (χ1) is 9.84. The summed E-state index contributed by atoms with van der Waals surface area (Å²) < 4.78 is 5.39. The highest BCUT2D eigenvalue weighted by Crippen LogP contribution is 2.42. The van der Waals surface area contributed by atoms with E-state index in [0.717, 1.165) is 29.7 Å². The molecule has 1 aromatic carbocycles. The van der Waals surface area contributed by atoms with E-state index in [1.807, 2.05) is 30.3 Å². The Labute approximate surface area is 133 Å². The Kier molecular flexibility index (Phi) is 4.94. The Morgan fingerprint density at radius 3 is 2.52 bits per heavy atom. The van der Waals surface area contributed by atoms with Gasteiger partial charge >= 0.3 is 0 Å². The number of ether oxygens (including phenoxy) is 1. The Morgan fingerprint density at radius 1 is 1.24 bits per heavy atom. The molecule has 0 amide bonds. The summed E-state index contributed by atoms with van der Waals surface area (Å²) in [5, 5.41) is -0.376. The summed E-state index contributed by atoms with van der Waals surface area (Å²) >= 11 is 6.21. The van der Waals surface area contributed by atoms with Gasteiger partial charge in [0.15, 0.2) is 5.78 Å². The van der Waals surface area contributed by atoms with Crippen LogP contribution in [-0.4, -0.2) is 26.3 Å². The van der Waals surface area contributed by atoms with E-state index in [1.54, 1.807) is 7.11 Å². The molecule has 1 aliphatic carbocycles. The molecule has 0 radical (unpaired) electrons. The van der Waals surface area contributed by atoms with Crippen LogP contribution in [0.3, 0.4) is 0 Å². The second kappa shape index (κ2) is 6.37. The Bertz CT molecular complexity index is 560. The van der Waals surface area contributed by atoms with Crippen LogP contribution in [0.25, 0.3) is 6.08 Å². The molecule has 0 aliphatic heterocycles. The smallest absolute Gasteiger partial charge is 0.176 e. The highest BCUT2D eigenvalue weighted by atomic mass is 35.5. The van der Waals surface area contributed by atoms with Crippen LogP contribution in [0.5, 0.6) is 5.75 Å². The normalized spacial score (nSPS) is 25.2. The number of alkyl halides is 1. The number of carbonyl (C=O) groups excluding carboxylic acids is 1. The maximum absolute atomic E-state index is 12.6. The number of para-hydroxylation sites is 1. The van der Waals surface area contributed by atoms with Crippen LogP contribution < -0.4 is 4.74 Å². The number of carbonyl (C=O) groups is 1. The molecular weight excluding hydrogens is 300 g/mol. The summed E-state index contributed by atoms with van der Waals surface area (Å²) in [5.74, 6) is 0.894. The standard InChI is InChI=1S/C17H23ClO2Si/c1-20-15-8-6-5-7-12(15)11-13-16(21(2,3)4)10-9-14(18)17(13)19/h5-8,11,14,16H,9-10H2,1-4H3. The van der Waals surface area contributed by atoms with E-state index >= 15 is 0 Å². The van der Waals surface area contributed by atoms with Crippen LogP contribution in [0.4, 0.5) is 0 Å². The molecule has 0 heterocycles. The van der Waals surface area contributed by atoms with Crippen molar-refractivity contribution >= 4 is 31.5 Å². The highest BCUT2D eigenvalue weighted by molar-refractivity contribution is 6.78. The third-order valence-corrected chi connectivity index (χ3v) is 7.26. The van der Waals surface area contributed by atoms with Gasteiger partial charge in [-0.3, -0.25) is 4.79 Å². The quantitative estimate of drug-likeness (QED) is 0.455. The fraction of sp³-hybridized carbons (Fsp3) is 0.471. The molecule has 0 aromatic heterocycles. The second-order valence-electron chi connectivity index (χ2n) is 6.67. The number of benzene rings is 1. The topological polar surface area (TPSA) is 26.3 Å². The van der Waals surface area contributed by atoms with Crippen LogP contribution in [0.1, 0.15) is 18.4 Å². The second-order valence-corrected chi connectivity index (χ2v) is 12.6. The highest BCUT2D eigenvalue weighted by Gasteiger charge is 2.39. The lowest BCUT2D eigenvalue weighted by atomic mass is 9.90. The van der Waals surface area contributed by atoms with E-state index in [4.69, 9.17) is 16.3 Å². The van der Waals surface area contributed by atoms with Crippen molar-refractivity contribution in [2.24, 2.45) is 0 Å². The number of allylic oxidation sites excluding steroid dienone is 1. The zero-order valence-corrected chi connectivity index (χ0v) is 14.9. The van der Waals surface area contributed by atoms with E-state index < -0.39 is 8.07 Å². The lowest BCUT2D eigenvalue weighted by Gasteiger charge is -2.35. The largest absolute Gasteiger partial charge is 0.496 e. The van der Waals surface area contributed by atoms with E-state index in [9.17, 15) is 4.79 Å². The van der Waals surface area contributed by atoms with Gasteiger partial charge in [0, 0.05) is 5.56 Å². The molecule has 114 valence electrons. The number of hydrogen-bond acceptors (Lipinski definition) is 2. The third kappa shape index (κ3) is 3.58. The van der Waals surface area contributed by atoms with Crippen molar-refractivity contribution in [3.05, 3.63) is 35.4 Å². The molecule has 2 rings (SSSR count). The maximum atomic E-state index is 12.6. The van der Waals surface area contributed by atoms with Crippen molar-refractivity contribution in [1.82, 2.24) is 0 Å². The van der Waals surface area contributed by atoms with Gasteiger partial charge < -0.3 is 4.74 Å². The first kappa shape index (κ1) is 16.3. The average Bonchev–Trinajstić information content (AvgIpc) is 2.43. The number of methoxy groups -OCH3 is 1. The molecular formula is C17H23ClO2Si. The van der Waals surface area contributed by atoms with Gasteiger partial charge in [-0.05, 0) is 36.1 Å². The molecule has 2 nitrogen and oxygen atoms in total. The number of ketones is 1. The fourth-order valence-electron chi connectivity index (χ4n) is 2.98. The van der Waals surface area contributed by atoms with Crippen LogP contribution in [-0.2, 0) is 4.79 Å². The van der Waals surface area contributed by atoms with Gasteiger partial charge in [0.25, 0.3) is 0 Å². The summed E-state index contributed by atoms with van der Waals surface area (Å²) in [6.45, 7) is 6.95. The van der Waals surface area contributed by atoms with E-state index in [1.165, 1.54) is 0 Å². The van der Waals surface area contributed by atoms with E-state index in [2.05, 4.69) is 19.6 Å². The fourth-order valence-corrected chi connectivity index (χ4v) is 5.42. The van der Waals surface area contributed by atoms with E-state index in [0.29, 0.717) is 5.54 Å². The molecule has 0 bridgehead atoms. The van der Waals surface area contributed by atoms with E-state index in [-0.39, 0.29) is 11.2 Å². The molecule has 2 atom stereocenters. The van der Waals surface area contributed by atoms with Crippen LogP contribution >= 0.6 is 11.6 Å². The van der Waals surface area contributed by atoms with Gasteiger partial charge in [-0.25, -0.2) is 0 Å². The molecule has 2 unspecified atom stereocenters. The molecule has 1 fully saturated rings. The Balaban J connectivity index is 2.48. The van der Waals surface area contributed by atoms with Crippen molar-refractivity contribution in [2.75, 3.05) is 7.11 Å². The lowest BCUT2D eigenvalue weighted by Crippen LogP contribution is -2.37. The molecule has 21 heavy (non-hydrogen) atoms. The minimum atomic E-state index is -1.46. The molecule has 1 aliphatic rings. The van der Waals surface area contributed by atoms with Crippen molar-refractivity contribution in [1.29, 1.82) is 0 Å². The number of Topliss-reactive ketones (excluding diaryl/α,β-unsaturated/α-hetero) is 1. The van der Waals surface area contributed by atoms with Crippen molar-refractivity contribution in [2.45, 2.75) is 43.4 Å². The summed E-state index contributed by atoms with van der Waals surface area (Å²) in [6.07, 6.45) is 3.80.